The number of hydrogen-bond acceptors (Lipinski definition) is 3. The zero-order valence-corrected chi connectivity index (χ0v) is 24.1. The van der Waals surface area contributed by atoms with E-state index in [1.54, 1.807) is 0 Å². The van der Waals surface area contributed by atoms with Crippen LogP contribution in [0.4, 0.5) is 0 Å². The van der Waals surface area contributed by atoms with Crippen molar-refractivity contribution in [1.82, 2.24) is 0 Å². The van der Waals surface area contributed by atoms with Gasteiger partial charge in [-0.25, -0.2) is 0 Å². The van der Waals surface area contributed by atoms with E-state index in [-0.39, 0.29) is 12.6 Å². The molecule has 3 nitrogen and oxygen atoms in total. The zero-order chi connectivity index (χ0) is 25.7. The predicted octanol–water partition coefficient (Wildman–Crippen LogP) is 10.5. The molecule has 0 aromatic carbocycles. The van der Waals surface area contributed by atoms with Gasteiger partial charge in [0.1, 0.15) is 6.61 Å². The summed E-state index contributed by atoms with van der Waals surface area (Å²) in [4.78, 5) is 11.9. The van der Waals surface area contributed by atoms with Gasteiger partial charge in [-0.3, -0.25) is 4.79 Å². The Morgan fingerprint density at radius 1 is 0.514 bits per heavy atom. The van der Waals surface area contributed by atoms with Crippen LogP contribution in [0.3, 0.4) is 0 Å². The van der Waals surface area contributed by atoms with Crippen LogP contribution in [0, 0.1) is 0 Å². The highest BCUT2D eigenvalue weighted by Crippen LogP contribution is 2.14. The first kappa shape index (κ1) is 34.4. The third-order valence-corrected chi connectivity index (χ3v) is 7.31. The summed E-state index contributed by atoms with van der Waals surface area (Å²) in [5, 5.41) is 10.1. The van der Waals surface area contributed by atoms with Gasteiger partial charge in [-0.2, -0.15) is 0 Å². The van der Waals surface area contributed by atoms with E-state index in [0.29, 0.717) is 6.42 Å². The van der Waals surface area contributed by atoms with Crippen LogP contribution in [-0.4, -0.2) is 23.8 Å². The molecule has 0 aromatic rings. The molecule has 0 aliphatic rings. The maximum absolute atomic E-state index is 11.9. The van der Waals surface area contributed by atoms with Crippen molar-refractivity contribution >= 4 is 5.97 Å². The Morgan fingerprint density at radius 3 is 1.20 bits per heavy atom. The molecule has 0 saturated heterocycles. The molecule has 1 atom stereocenters. The highest BCUT2D eigenvalue weighted by atomic mass is 16.5. The fourth-order valence-corrected chi connectivity index (χ4v) is 4.85. The molecule has 0 heterocycles. The number of hydrogen-bond donors (Lipinski definition) is 1. The fourth-order valence-electron chi connectivity index (χ4n) is 4.85. The van der Waals surface area contributed by atoms with Crippen LogP contribution in [0.15, 0.2) is 0 Å². The van der Waals surface area contributed by atoms with Gasteiger partial charge in [-0.05, 0) is 12.8 Å². The number of carbonyl (C=O) groups excluding carboxylic acids is 1. The number of carbonyl (C=O) groups is 1. The molecular weight excluding hydrogens is 432 g/mol. The molecular formula is C32H64O3. The molecule has 0 rings (SSSR count). The minimum atomic E-state index is -0.492. The van der Waals surface area contributed by atoms with Gasteiger partial charge < -0.3 is 9.84 Å². The molecule has 1 unspecified atom stereocenters. The summed E-state index contributed by atoms with van der Waals surface area (Å²) < 4.78 is 5.28. The SMILES string of the molecule is CCCCCCCCCCCCCCCC(=O)OCC(O)CCCCCCCCCCCCCC. The van der Waals surface area contributed by atoms with E-state index in [4.69, 9.17) is 4.74 Å². The monoisotopic (exact) mass is 496 g/mol. The van der Waals surface area contributed by atoms with E-state index in [2.05, 4.69) is 13.8 Å². The number of unbranched alkanes of at least 4 members (excludes halogenated alkanes) is 23. The summed E-state index contributed by atoms with van der Waals surface area (Å²) >= 11 is 0. The lowest BCUT2D eigenvalue weighted by Crippen LogP contribution is -2.18. The Bertz CT molecular complexity index is 410. The van der Waals surface area contributed by atoms with Gasteiger partial charge in [0, 0.05) is 6.42 Å². The Labute approximate surface area is 220 Å². The van der Waals surface area contributed by atoms with Crippen molar-refractivity contribution in [3.8, 4) is 0 Å². The Morgan fingerprint density at radius 2 is 0.829 bits per heavy atom. The van der Waals surface area contributed by atoms with E-state index >= 15 is 0 Å². The summed E-state index contributed by atoms with van der Waals surface area (Å²) in [5.74, 6) is -0.137. The minimum absolute atomic E-state index is 0.137. The van der Waals surface area contributed by atoms with Gasteiger partial charge in [0.05, 0.1) is 6.10 Å². The van der Waals surface area contributed by atoms with E-state index in [9.17, 15) is 9.90 Å². The first-order valence-corrected chi connectivity index (χ1v) is 16.0. The second-order valence-corrected chi connectivity index (χ2v) is 11.0. The van der Waals surface area contributed by atoms with Gasteiger partial charge in [0.2, 0.25) is 0 Å². The van der Waals surface area contributed by atoms with E-state index in [1.165, 1.54) is 141 Å². The third kappa shape index (κ3) is 29.5. The van der Waals surface area contributed by atoms with E-state index < -0.39 is 6.10 Å². The van der Waals surface area contributed by atoms with Crippen LogP contribution in [0.1, 0.15) is 187 Å². The first-order chi connectivity index (χ1) is 17.2. The average molecular weight is 497 g/mol. The summed E-state index contributed by atoms with van der Waals surface area (Å²) in [5.41, 5.74) is 0. The number of rotatable bonds is 29. The van der Waals surface area contributed by atoms with Crippen LogP contribution >= 0.6 is 0 Å². The zero-order valence-electron chi connectivity index (χ0n) is 24.1. The molecule has 1 N–H and O–H groups in total. The van der Waals surface area contributed by atoms with Crippen LogP contribution < -0.4 is 0 Å². The molecule has 0 amide bonds. The van der Waals surface area contributed by atoms with Crippen LogP contribution in [0.25, 0.3) is 0 Å². The standard InChI is InChI=1S/C32H64O3/c1-3-5-7-9-11-13-15-17-19-21-23-25-27-29-32(34)35-30-31(33)28-26-24-22-20-18-16-14-12-10-8-6-4-2/h31,33H,3-30H2,1-2H3. The third-order valence-electron chi connectivity index (χ3n) is 7.31. The van der Waals surface area contributed by atoms with Crippen molar-refractivity contribution in [3.05, 3.63) is 0 Å². The smallest absolute Gasteiger partial charge is 0.305 e. The van der Waals surface area contributed by atoms with Crippen molar-refractivity contribution in [2.24, 2.45) is 0 Å². The molecule has 0 aliphatic heterocycles. The number of ether oxygens (including phenoxy) is 1. The number of aliphatic hydroxyl groups excluding tert-OH is 1. The number of esters is 1. The second-order valence-electron chi connectivity index (χ2n) is 11.0. The highest BCUT2D eigenvalue weighted by molar-refractivity contribution is 5.69. The Balaban J connectivity index is 3.28. The van der Waals surface area contributed by atoms with Crippen molar-refractivity contribution in [1.29, 1.82) is 0 Å². The molecule has 0 fully saturated rings. The van der Waals surface area contributed by atoms with Crippen LogP contribution in [-0.2, 0) is 9.53 Å². The van der Waals surface area contributed by atoms with E-state index in [0.717, 1.165) is 25.7 Å². The average Bonchev–Trinajstić information content (AvgIpc) is 2.86. The normalized spacial score (nSPS) is 12.2. The highest BCUT2D eigenvalue weighted by Gasteiger charge is 2.08. The minimum Gasteiger partial charge on any atom is -0.463 e. The molecule has 0 saturated carbocycles. The molecule has 35 heavy (non-hydrogen) atoms. The van der Waals surface area contributed by atoms with Crippen molar-refractivity contribution < 1.29 is 14.6 Å². The molecule has 0 aliphatic carbocycles. The summed E-state index contributed by atoms with van der Waals surface area (Å²) in [6.45, 7) is 4.72. The van der Waals surface area contributed by atoms with Gasteiger partial charge in [0.25, 0.3) is 0 Å². The van der Waals surface area contributed by atoms with Gasteiger partial charge >= 0.3 is 5.97 Å². The summed E-state index contributed by atoms with van der Waals surface area (Å²) in [7, 11) is 0. The number of aliphatic hydroxyl groups is 1. The first-order valence-electron chi connectivity index (χ1n) is 16.0. The second kappa shape index (κ2) is 29.7. The lowest BCUT2D eigenvalue weighted by Gasteiger charge is -2.11. The summed E-state index contributed by atoms with van der Waals surface area (Å²) in [6.07, 6.45) is 33.7. The topological polar surface area (TPSA) is 46.5 Å². The van der Waals surface area contributed by atoms with E-state index in [1.807, 2.05) is 0 Å². The molecule has 210 valence electrons. The fraction of sp³-hybridized carbons (Fsp3) is 0.969. The molecule has 0 spiro atoms. The molecule has 0 radical (unpaired) electrons. The van der Waals surface area contributed by atoms with Gasteiger partial charge in [-0.15, -0.1) is 0 Å². The quantitative estimate of drug-likeness (QED) is 0.0827. The lowest BCUT2D eigenvalue weighted by atomic mass is 10.0. The van der Waals surface area contributed by atoms with Crippen molar-refractivity contribution in [2.75, 3.05) is 6.61 Å². The van der Waals surface area contributed by atoms with Crippen molar-refractivity contribution in [2.45, 2.75) is 193 Å². The lowest BCUT2D eigenvalue weighted by molar-refractivity contribution is -0.146. The molecule has 0 bridgehead atoms. The predicted molar refractivity (Wildman–Crippen MR) is 153 cm³/mol. The Hall–Kier alpha value is -0.570. The Kier molecular flexibility index (Phi) is 29.2. The summed E-state index contributed by atoms with van der Waals surface area (Å²) in [6, 6.07) is 0. The van der Waals surface area contributed by atoms with Crippen LogP contribution in [0.5, 0.6) is 0 Å². The molecule has 0 aromatic heterocycles. The molecule has 3 heteroatoms. The largest absolute Gasteiger partial charge is 0.463 e. The maximum atomic E-state index is 11.9. The van der Waals surface area contributed by atoms with Gasteiger partial charge in [-0.1, -0.05) is 168 Å². The van der Waals surface area contributed by atoms with Gasteiger partial charge in [0.15, 0.2) is 0 Å². The van der Waals surface area contributed by atoms with Crippen molar-refractivity contribution in [3.63, 3.8) is 0 Å². The maximum Gasteiger partial charge on any atom is 0.305 e. The van der Waals surface area contributed by atoms with Crippen LogP contribution in [0.2, 0.25) is 0 Å².